The minimum atomic E-state index is -0.532. The van der Waals surface area contributed by atoms with Crippen molar-refractivity contribution in [2.75, 3.05) is 13.7 Å². The lowest BCUT2D eigenvalue weighted by Gasteiger charge is -2.26. The topological polar surface area (TPSA) is 115 Å². The van der Waals surface area contributed by atoms with Crippen LogP contribution in [0.3, 0.4) is 0 Å². The molecule has 0 spiro atoms. The molecule has 0 fully saturated rings. The Balaban J connectivity index is 1.71. The van der Waals surface area contributed by atoms with E-state index in [9.17, 15) is 19.8 Å². The van der Waals surface area contributed by atoms with E-state index >= 15 is 0 Å². The summed E-state index contributed by atoms with van der Waals surface area (Å²) in [7, 11) is 1.43. The minimum absolute atomic E-state index is 0.00588. The molecule has 0 aliphatic carbocycles. The van der Waals surface area contributed by atoms with Gasteiger partial charge in [0.1, 0.15) is 40.6 Å². The van der Waals surface area contributed by atoms with E-state index < -0.39 is 17.3 Å². The van der Waals surface area contributed by atoms with Crippen molar-refractivity contribution >= 4 is 16.9 Å². The predicted octanol–water partition coefficient (Wildman–Crippen LogP) is 5.28. The van der Waals surface area contributed by atoms with Crippen LogP contribution in [0.4, 0.5) is 0 Å². The van der Waals surface area contributed by atoms with Gasteiger partial charge in [-0.05, 0) is 48.4 Å². The zero-order valence-corrected chi connectivity index (χ0v) is 20.2. The third-order valence-electron chi connectivity index (χ3n) is 6.13. The Labute approximate surface area is 212 Å². The van der Waals surface area contributed by atoms with Gasteiger partial charge in [0.15, 0.2) is 16.9 Å². The number of phenolic OH excluding ortho intramolecular Hbond substituents is 2. The summed E-state index contributed by atoms with van der Waals surface area (Å²) < 4.78 is 22.5. The number of esters is 1. The number of carbonyl (C=O) groups is 1. The standard InChI is InChI=1S/C29H24O8/c1-15(2)14-35-18-6-4-5-16(9-18)19-11-26(33)36-25-13-22(32)28-21(31)12-24(37-29(28)27(19)25)17-7-8-23(34-3)20(30)10-17/h4-10,12-13,19,30,32H,1,11,14H2,2-3H3/t19-/m1/s1. The molecule has 1 aromatic heterocycles. The maximum atomic E-state index is 13.2. The van der Waals surface area contributed by atoms with Crippen LogP contribution in [0, 0.1) is 0 Å². The lowest BCUT2D eigenvalue weighted by atomic mass is 9.85. The van der Waals surface area contributed by atoms with Gasteiger partial charge in [-0.15, -0.1) is 0 Å². The number of methoxy groups -OCH3 is 1. The van der Waals surface area contributed by atoms with Gasteiger partial charge in [0.05, 0.1) is 13.5 Å². The van der Waals surface area contributed by atoms with Gasteiger partial charge in [0.25, 0.3) is 0 Å². The van der Waals surface area contributed by atoms with Crippen molar-refractivity contribution in [1.82, 2.24) is 0 Å². The molecule has 2 heterocycles. The molecule has 3 aromatic carbocycles. The van der Waals surface area contributed by atoms with Crippen molar-refractivity contribution in [3.05, 3.63) is 88.1 Å². The number of benzene rings is 3. The number of aromatic hydroxyl groups is 2. The molecule has 4 aromatic rings. The fourth-order valence-electron chi connectivity index (χ4n) is 4.46. The molecule has 5 rings (SSSR count). The van der Waals surface area contributed by atoms with Gasteiger partial charge in [0.2, 0.25) is 0 Å². The van der Waals surface area contributed by atoms with E-state index in [1.165, 1.54) is 25.3 Å². The van der Waals surface area contributed by atoms with Crippen LogP contribution in [0.15, 0.2) is 76.0 Å². The van der Waals surface area contributed by atoms with E-state index in [1.54, 1.807) is 18.2 Å². The third kappa shape index (κ3) is 4.49. The summed E-state index contributed by atoms with van der Waals surface area (Å²) in [6, 6.07) is 14.4. The Morgan fingerprint density at radius 2 is 1.89 bits per heavy atom. The molecule has 188 valence electrons. The van der Waals surface area contributed by atoms with Crippen molar-refractivity contribution in [3.63, 3.8) is 0 Å². The summed E-state index contributed by atoms with van der Waals surface area (Å²) in [5, 5.41) is 20.9. The van der Waals surface area contributed by atoms with Crippen molar-refractivity contribution in [2.45, 2.75) is 19.3 Å². The number of ether oxygens (including phenoxy) is 3. The van der Waals surface area contributed by atoms with Crippen LogP contribution in [0.25, 0.3) is 22.3 Å². The van der Waals surface area contributed by atoms with Crippen molar-refractivity contribution in [2.24, 2.45) is 0 Å². The highest BCUT2D eigenvalue weighted by atomic mass is 16.5. The Hall–Kier alpha value is -4.72. The molecule has 0 unspecified atom stereocenters. The summed E-state index contributed by atoms with van der Waals surface area (Å²) in [5.41, 5.74) is 2.10. The van der Waals surface area contributed by atoms with Gasteiger partial charge in [-0.2, -0.15) is 0 Å². The average molecular weight is 501 g/mol. The van der Waals surface area contributed by atoms with Gasteiger partial charge in [-0.25, -0.2) is 0 Å². The summed E-state index contributed by atoms with van der Waals surface area (Å²) in [6.45, 7) is 6.05. The Kier molecular flexibility index (Phi) is 6.09. The zero-order chi connectivity index (χ0) is 26.3. The molecule has 0 amide bonds. The summed E-state index contributed by atoms with van der Waals surface area (Å²) >= 11 is 0. The molecule has 8 nitrogen and oxygen atoms in total. The van der Waals surface area contributed by atoms with Crippen LogP contribution >= 0.6 is 0 Å². The van der Waals surface area contributed by atoms with Gasteiger partial charge in [-0.1, -0.05) is 18.7 Å². The smallest absolute Gasteiger partial charge is 0.312 e. The number of hydrogen-bond donors (Lipinski definition) is 2. The molecular formula is C29H24O8. The lowest BCUT2D eigenvalue weighted by Crippen LogP contribution is -2.22. The van der Waals surface area contributed by atoms with Crippen LogP contribution in [-0.2, 0) is 4.79 Å². The fourth-order valence-corrected chi connectivity index (χ4v) is 4.46. The average Bonchev–Trinajstić information content (AvgIpc) is 2.86. The molecule has 0 saturated carbocycles. The predicted molar refractivity (Wildman–Crippen MR) is 137 cm³/mol. The fraction of sp³-hybridized carbons (Fsp3) is 0.172. The van der Waals surface area contributed by atoms with E-state index in [0.29, 0.717) is 23.5 Å². The van der Waals surface area contributed by atoms with Crippen LogP contribution in [0.1, 0.15) is 30.4 Å². The van der Waals surface area contributed by atoms with Gasteiger partial charge in [-0.3, -0.25) is 9.59 Å². The van der Waals surface area contributed by atoms with Crippen LogP contribution in [0.5, 0.6) is 28.7 Å². The second-order valence-corrected chi connectivity index (χ2v) is 8.92. The zero-order valence-electron chi connectivity index (χ0n) is 20.2. The maximum absolute atomic E-state index is 13.2. The lowest BCUT2D eigenvalue weighted by molar-refractivity contribution is -0.135. The Morgan fingerprint density at radius 1 is 1.08 bits per heavy atom. The maximum Gasteiger partial charge on any atom is 0.312 e. The van der Waals surface area contributed by atoms with E-state index in [-0.39, 0.29) is 46.1 Å². The monoisotopic (exact) mass is 500 g/mol. The van der Waals surface area contributed by atoms with E-state index in [0.717, 1.165) is 11.1 Å². The highest BCUT2D eigenvalue weighted by Gasteiger charge is 2.34. The largest absolute Gasteiger partial charge is 0.507 e. The second kappa shape index (κ2) is 9.39. The molecule has 8 heteroatoms. The molecule has 0 saturated heterocycles. The molecule has 1 aliphatic rings. The highest BCUT2D eigenvalue weighted by molar-refractivity contribution is 5.93. The first-order valence-electron chi connectivity index (χ1n) is 11.5. The van der Waals surface area contributed by atoms with Gasteiger partial charge < -0.3 is 28.8 Å². The molecule has 37 heavy (non-hydrogen) atoms. The van der Waals surface area contributed by atoms with Crippen LogP contribution < -0.4 is 19.6 Å². The normalized spacial score (nSPS) is 14.6. The summed E-state index contributed by atoms with van der Waals surface area (Å²) in [6.07, 6.45) is -0.00588. The third-order valence-corrected chi connectivity index (χ3v) is 6.13. The highest BCUT2D eigenvalue weighted by Crippen LogP contribution is 2.46. The number of carbonyl (C=O) groups excluding carboxylic acids is 1. The van der Waals surface area contributed by atoms with E-state index in [4.69, 9.17) is 18.6 Å². The quantitative estimate of drug-likeness (QED) is 0.209. The summed E-state index contributed by atoms with van der Waals surface area (Å²) in [5.74, 6) is -0.367. The first-order valence-corrected chi connectivity index (χ1v) is 11.5. The minimum Gasteiger partial charge on any atom is -0.507 e. The second-order valence-electron chi connectivity index (χ2n) is 8.92. The first kappa shape index (κ1) is 24.0. The SMILES string of the molecule is C=C(C)COc1cccc([C@H]2CC(=O)Oc3cc(O)c4c(=O)cc(-c5ccc(OC)c(O)c5)oc4c32)c1. The first-order chi connectivity index (χ1) is 17.7. The summed E-state index contributed by atoms with van der Waals surface area (Å²) in [4.78, 5) is 25.7. The van der Waals surface area contributed by atoms with E-state index in [2.05, 4.69) is 6.58 Å². The Morgan fingerprint density at radius 3 is 2.62 bits per heavy atom. The molecular weight excluding hydrogens is 476 g/mol. The number of rotatable bonds is 6. The Bertz CT molecular complexity index is 1610. The molecule has 1 aliphatic heterocycles. The molecule has 1 atom stereocenters. The molecule has 0 radical (unpaired) electrons. The van der Waals surface area contributed by atoms with Crippen LogP contribution in [-0.4, -0.2) is 29.9 Å². The van der Waals surface area contributed by atoms with Crippen molar-refractivity contribution < 1.29 is 33.6 Å². The van der Waals surface area contributed by atoms with Crippen molar-refractivity contribution in [3.8, 4) is 40.1 Å². The van der Waals surface area contributed by atoms with Crippen LogP contribution in [0.2, 0.25) is 0 Å². The van der Waals surface area contributed by atoms with E-state index in [1.807, 2.05) is 25.1 Å². The number of fused-ring (bicyclic) bond motifs is 3. The van der Waals surface area contributed by atoms with Gasteiger partial charge in [0, 0.05) is 29.2 Å². The van der Waals surface area contributed by atoms with Crippen molar-refractivity contribution in [1.29, 1.82) is 0 Å². The molecule has 2 N–H and O–H groups in total. The molecule has 0 bridgehead atoms. The number of phenols is 2. The number of hydrogen-bond acceptors (Lipinski definition) is 8. The van der Waals surface area contributed by atoms with Gasteiger partial charge >= 0.3 is 5.97 Å².